The Hall–Kier alpha value is -2.77. The van der Waals surface area contributed by atoms with Gasteiger partial charge in [-0.15, -0.1) is 11.8 Å². The largest absolute Gasteiger partial charge is 0.368 e. The van der Waals surface area contributed by atoms with Gasteiger partial charge in [0.25, 0.3) is 0 Å². The van der Waals surface area contributed by atoms with Gasteiger partial charge < -0.3 is 4.90 Å². The molecule has 3 unspecified atom stereocenters. The van der Waals surface area contributed by atoms with Crippen LogP contribution in [-0.4, -0.2) is 34.6 Å². The molecule has 2 aliphatic heterocycles. The lowest BCUT2D eigenvalue weighted by molar-refractivity contribution is 0.322. The van der Waals surface area contributed by atoms with Gasteiger partial charge in [0, 0.05) is 35.2 Å². The van der Waals surface area contributed by atoms with Crippen LogP contribution in [0.4, 0.5) is 13.2 Å². The number of halogens is 3. The molecule has 0 saturated heterocycles. The van der Waals surface area contributed by atoms with Crippen molar-refractivity contribution in [1.29, 1.82) is 0 Å². The number of aliphatic imine (C=N–C) groups is 1. The van der Waals surface area contributed by atoms with E-state index in [1.165, 1.54) is 4.90 Å². The van der Waals surface area contributed by atoms with Gasteiger partial charge >= 0.3 is 0 Å². The van der Waals surface area contributed by atoms with Gasteiger partial charge in [0.05, 0.1) is 17.3 Å². The lowest BCUT2D eigenvalue weighted by Gasteiger charge is -2.28. The van der Waals surface area contributed by atoms with Crippen molar-refractivity contribution in [3.8, 4) is 11.1 Å². The van der Waals surface area contributed by atoms with Crippen molar-refractivity contribution in [2.24, 2.45) is 4.99 Å². The smallest absolute Gasteiger partial charge is 0.160 e. The quantitative estimate of drug-likeness (QED) is 0.471. The molecule has 1 N–H and O–H groups in total. The highest BCUT2D eigenvalue weighted by atomic mass is 32.2. The summed E-state index contributed by atoms with van der Waals surface area (Å²) in [7, 11) is 0. The molecule has 0 bridgehead atoms. The van der Waals surface area contributed by atoms with E-state index in [1.807, 2.05) is 54.9 Å². The Balaban J connectivity index is 1.18. The van der Waals surface area contributed by atoms with Gasteiger partial charge in [0.15, 0.2) is 5.83 Å². The molecule has 4 aliphatic rings. The summed E-state index contributed by atoms with van der Waals surface area (Å²) in [6.07, 6.45) is 9.24. The molecule has 7 heteroatoms. The van der Waals surface area contributed by atoms with Crippen LogP contribution in [0, 0.1) is 5.82 Å². The third-order valence-electron chi connectivity index (χ3n) is 7.45. The third kappa shape index (κ3) is 3.95. The van der Waals surface area contributed by atoms with Crippen LogP contribution in [0.1, 0.15) is 31.2 Å². The number of allylic oxidation sites excluding steroid dienone is 2. The van der Waals surface area contributed by atoms with Crippen molar-refractivity contribution >= 4 is 17.5 Å². The zero-order valence-electron chi connectivity index (χ0n) is 19.4. The summed E-state index contributed by atoms with van der Waals surface area (Å²) in [4.78, 5) is 7.99. The molecular formula is C28H26F3N3S. The molecule has 6 rings (SSSR count). The number of nitrogens with zero attached hydrogens (tertiary/aromatic N) is 2. The van der Waals surface area contributed by atoms with Gasteiger partial charge in [-0.2, -0.15) is 0 Å². The number of hydrogen-bond donors (Lipinski definition) is 1. The van der Waals surface area contributed by atoms with E-state index in [9.17, 15) is 8.78 Å². The standard InChI is InChI=1S/C28H26F3N3S/c1-35-20-10-8-17(9-11-20)18-6-7-19(23(30)14-18)16-34-13-12-24-28(15-25(28)34)33-27(32-24)21-4-2-3-5-22(29)26(21)31/h4,6-14,25,27,33H,2-3,5,15-16H2,1H3. The molecular weight excluding hydrogens is 467 g/mol. The Labute approximate surface area is 207 Å². The van der Waals surface area contributed by atoms with Crippen molar-refractivity contribution in [2.75, 3.05) is 6.26 Å². The fraction of sp³-hybridized carbons (Fsp3) is 0.321. The van der Waals surface area contributed by atoms with Gasteiger partial charge in [-0.1, -0.05) is 30.3 Å². The highest BCUT2D eigenvalue weighted by Gasteiger charge is 2.64. The summed E-state index contributed by atoms with van der Waals surface area (Å²) in [5.41, 5.74) is 3.25. The van der Waals surface area contributed by atoms with E-state index in [0.29, 0.717) is 30.5 Å². The zero-order valence-corrected chi connectivity index (χ0v) is 20.2. The molecule has 2 aliphatic carbocycles. The van der Waals surface area contributed by atoms with Crippen LogP contribution >= 0.6 is 11.8 Å². The molecule has 3 nitrogen and oxygen atoms in total. The summed E-state index contributed by atoms with van der Waals surface area (Å²) < 4.78 is 43.8. The molecule has 2 aromatic rings. The second-order valence-corrected chi connectivity index (χ2v) is 10.4. The van der Waals surface area contributed by atoms with Crippen molar-refractivity contribution in [2.45, 2.75) is 54.9 Å². The first-order chi connectivity index (χ1) is 17.0. The fourth-order valence-electron chi connectivity index (χ4n) is 5.39. The summed E-state index contributed by atoms with van der Waals surface area (Å²) in [5.74, 6) is -1.70. The number of rotatable bonds is 5. The predicted octanol–water partition coefficient (Wildman–Crippen LogP) is 6.69. The maximum Gasteiger partial charge on any atom is 0.160 e. The molecule has 35 heavy (non-hydrogen) atoms. The first-order valence-electron chi connectivity index (χ1n) is 12.0. The molecule has 1 fully saturated rings. The normalized spacial score (nSPS) is 27.3. The zero-order chi connectivity index (χ0) is 24.2. The summed E-state index contributed by atoms with van der Waals surface area (Å²) in [6.45, 7) is 0.436. The second-order valence-electron chi connectivity index (χ2n) is 9.55. The van der Waals surface area contributed by atoms with Gasteiger partial charge in [-0.3, -0.25) is 10.3 Å². The molecule has 1 saturated carbocycles. The molecule has 0 aromatic heterocycles. The van der Waals surface area contributed by atoms with Crippen LogP contribution in [-0.2, 0) is 6.54 Å². The summed E-state index contributed by atoms with van der Waals surface area (Å²) in [6, 6.07) is 13.6. The first-order valence-corrected chi connectivity index (χ1v) is 13.2. The maximum atomic E-state index is 15.1. The average Bonchev–Trinajstić information content (AvgIpc) is 3.53. The minimum absolute atomic E-state index is 0.109. The van der Waals surface area contributed by atoms with Crippen LogP contribution < -0.4 is 5.32 Å². The van der Waals surface area contributed by atoms with E-state index in [-0.39, 0.29) is 23.8 Å². The topological polar surface area (TPSA) is 27.6 Å². The van der Waals surface area contributed by atoms with Crippen molar-refractivity contribution in [3.05, 3.63) is 89.4 Å². The Morgan fingerprint density at radius 1 is 1.11 bits per heavy atom. The van der Waals surface area contributed by atoms with Crippen molar-refractivity contribution in [1.82, 2.24) is 10.2 Å². The molecule has 0 amide bonds. The van der Waals surface area contributed by atoms with Gasteiger partial charge in [0.1, 0.15) is 17.8 Å². The van der Waals surface area contributed by atoms with Gasteiger partial charge in [0.2, 0.25) is 0 Å². The number of nitrogens with one attached hydrogen (secondary N) is 1. The van der Waals surface area contributed by atoms with Crippen LogP contribution in [0.3, 0.4) is 0 Å². The molecule has 2 heterocycles. The summed E-state index contributed by atoms with van der Waals surface area (Å²) in [5, 5.41) is 3.46. The number of thioether (sulfide) groups is 1. The minimum atomic E-state index is -0.775. The van der Waals surface area contributed by atoms with Gasteiger partial charge in [-0.25, -0.2) is 13.2 Å². The van der Waals surface area contributed by atoms with Crippen molar-refractivity contribution < 1.29 is 13.2 Å². The molecule has 0 radical (unpaired) electrons. The monoisotopic (exact) mass is 493 g/mol. The van der Waals surface area contributed by atoms with Crippen LogP contribution in [0.2, 0.25) is 0 Å². The van der Waals surface area contributed by atoms with E-state index in [1.54, 1.807) is 23.9 Å². The van der Waals surface area contributed by atoms with Crippen LogP contribution in [0.15, 0.2) is 87.9 Å². The van der Waals surface area contributed by atoms with E-state index in [0.717, 1.165) is 23.3 Å². The first kappa shape index (κ1) is 22.7. The lowest BCUT2D eigenvalue weighted by Crippen LogP contribution is -2.46. The third-order valence-corrected chi connectivity index (χ3v) is 8.19. The number of hydrogen-bond acceptors (Lipinski definition) is 4. The van der Waals surface area contributed by atoms with Gasteiger partial charge in [-0.05, 0) is 60.9 Å². The van der Waals surface area contributed by atoms with Crippen molar-refractivity contribution in [3.63, 3.8) is 0 Å². The summed E-state index contributed by atoms with van der Waals surface area (Å²) >= 11 is 1.68. The molecule has 180 valence electrons. The van der Waals surface area contributed by atoms with E-state index >= 15 is 4.39 Å². The lowest BCUT2D eigenvalue weighted by atomic mass is 10.0. The maximum absolute atomic E-state index is 15.1. The Kier molecular flexibility index (Phi) is 5.65. The van der Waals surface area contributed by atoms with E-state index in [4.69, 9.17) is 4.99 Å². The fourth-order valence-corrected chi connectivity index (χ4v) is 5.80. The Morgan fingerprint density at radius 3 is 2.69 bits per heavy atom. The average molecular weight is 494 g/mol. The Bertz CT molecular complexity index is 1300. The number of benzene rings is 2. The van der Waals surface area contributed by atoms with E-state index < -0.39 is 17.8 Å². The van der Waals surface area contributed by atoms with E-state index in [2.05, 4.69) is 10.2 Å². The van der Waals surface area contributed by atoms with Crippen LogP contribution in [0.25, 0.3) is 11.1 Å². The van der Waals surface area contributed by atoms with Crippen LogP contribution in [0.5, 0.6) is 0 Å². The molecule has 2 aromatic carbocycles. The highest BCUT2D eigenvalue weighted by molar-refractivity contribution is 7.98. The predicted molar refractivity (Wildman–Crippen MR) is 135 cm³/mol. The Morgan fingerprint density at radius 2 is 1.91 bits per heavy atom. The SMILES string of the molecule is CSc1ccc(-c2ccc(CN3C=CC4=NC(C5=CCCCC(F)=C5F)NC45CC35)c(F)c2)cc1. The molecule has 3 atom stereocenters. The minimum Gasteiger partial charge on any atom is -0.368 e. The highest BCUT2D eigenvalue weighted by Crippen LogP contribution is 2.49. The molecule has 1 spiro atoms. The second kappa shape index (κ2) is 8.71.